The molecule has 1 aliphatic carbocycles. The van der Waals surface area contributed by atoms with Crippen LogP contribution in [0.2, 0.25) is 10.0 Å². The maximum atomic E-state index is 12.0. The van der Waals surface area contributed by atoms with Gasteiger partial charge in [-0.25, -0.2) is 4.79 Å². The predicted octanol–water partition coefficient (Wildman–Crippen LogP) is 7.66. The van der Waals surface area contributed by atoms with Gasteiger partial charge in [-0.2, -0.15) is 0 Å². The van der Waals surface area contributed by atoms with E-state index in [9.17, 15) is 9.90 Å². The summed E-state index contributed by atoms with van der Waals surface area (Å²) in [5.41, 5.74) is 2.94. The summed E-state index contributed by atoms with van der Waals surface area (Å²) in [7, 11) is 0. The molecule has 1 heterocycles. The fourth-order valence-electron chi connectivity index (χ4n) is 3.98. The molecule has 1 aromatic heterocycles. The van der Waals surface area contributed by atoms with Crippen molar-refractivity contribution in [2.45, 2.75) is 39.2 Å². The molecular weight excluding hydrogens is 471 g/mol. The van der Waals surface area contributed by atoms with E-state index in [-0.39, 0.29) is 12.0 Å². The van der Waals surface area contributed by atoms with Gasteiger partial charge in [-0.15, -0.1) is 0 Å². The standard InChI is InChI=1S/C27H28Cl2N2O3/c1-26(2,3)16-31(25(32)33)27(12-13-27)17-34-22-14-23(18-4-8-20(28)9-5-18)24(30-15-22)19-6-10-21(29)11-7-19/h4-11,14-15H,12-13,16-17H2,1-3H3,(H,32,33). The zero-order chi connectivity index (χ0) is 24.5. The number of hydrogen-bond acceptors (Lipinski definition) is 3. The Morgan fingerprint density at radius 2 is 1.59 bits per heavy atom. The summed E-state index contributed by atoms with van der Waals surface area (Å²) in [4.78, 5) is 18.3. The molecule has 1 fully saturated rings. The Bertz CT molecular complexity index is 1170. The topological polar surface area (TPSA) is 62.7 Å². The Morgan fingerprint density at radius 1 is 1.03 bits per heavy atom. The molecule has 5 nitrogen and oxygen atoms in total. The maximum Gasteiger partial charge on any atom is 0.407 e. The molecule has 0 aliphatic heterocycles. The fourth-order valence-corrected chi connectivity index (χ4v) is 4.23. The number of aromatic nitrogens is 1. The number of nitrogens with zero attached hydrogens (tertiary/aromatic N) is 2. The van der Waals surface area contributed by atoms with Crippen molar-refractivity contribution in [1.82, 2.24) is 9.88 Å². The number of carboxylic acid groups (broad SMARTS) is 1. The van der Waals surface area contributed by atoms with Crippen LogP contribution in [0.4, 0.5) is 4.79 Å². The molecule has 34 heavy (non-hydrogen) atoms. The van der Waals surface area contributed by atoms with Crippen LogP contribution in [0.3, 0.4) is 0 Å². The van der Waals surface area contributed by atoms with Crippen molar-refractivity contribution in [3.8, 4) is 28.1 Å². The van der Waals surface area contributed by atoms with Gasteiger partial charge in [-0.3, -0.25) is 9.88 Å². The summed E-state index contributed by atoms with van der Waals surface area (Å²) in [6, 6.07) is 17.1. The van der Waals surface area contributed by atoms with Crippen molar-refractivity contribution in [3.05, 3.63) is 70.8 Å². The quantitative estimate of drug-likeness (QED) is 0.363. The van der Waals surface area contributed by atoms with Crippen molar-refractivity contribution in [3.63, 3.8) is 0 Å². The number of halogens is 2. The summed E-state index contributed by atoms with van der Waals surface area (Å²) in [6.45, 7) is 6.86. The number of pyridine rings is 1. The van der Waals surface area contributed by atoms with Crippen LogP contribution in [0.5, 0.6) is 5.75 Å². The zero-order valence-corrected chi connectivity index (χ0v) is 21.0. The van der Waals surface area contributed by atoms with Gasteiger partial charge in [0.2, 0.25) is 0 Å². The monoisotopic (exact) mass is 498 g/mol. The van der Waals surface area contributed by atoms with E-state index in [1.165, 1.54) is 0 Å². The molecule has 0 saturated heterocycles. The summed E-state index contributed by atoms with van der Waals surface area (Å²) in [5.74, 6) is 0.593. The zero-order valence-electron chi connectivity index (χ0n) is 19.5. The molecule has 4 rings (SSSR count). The number of hydrogen-bond donors (Lipinski definition) is 1. The van der Waals surface area contributed by atoms with E-state index in [1.54, 1.807) is 11.1 Å². The fraction of sp³-hybridized carbons (Fsp3) is 0.333. The van der Waals surface area contributed by atoms with E-state index in [4.69, 9.17) is 32.9 Å². The second-order valence-electron chi connectivity index (χ2n) is 10.0. The first kappa shape index (κ1) is 24.4. The first-order valence-electron chi connectivity index (χ1n) is 11.2. The summed E-state index contributed by atoms with van der Waals surface area (Å²) in [5, 5.41) is 11.2. The Morgan fingerprint density at radius 3 is 2.09 bits per heavy atom. The highest BCUT2D eigenvalue weighted by molar-refractivity contribution is 6.31. The molecule has 0 radical (unpaired) electrons. The van der Waals surface area contributed by atoms with Gasteiger partial charge in [0.25, 0.3) is 0 Å². The lowest BCUT2D eigenvalue weighted by atomic mass is 9.95. The van der Waals surface area contributed by atoms with Gasteiger partial charge in [0.05, 0.1) is 17.4 Å². The second-order valence-corrected chi connectivity index (χ2v) is 10.9. The van der Waals surface area contributed by atoms with Crippen LogP contribution in [0.15, 0.2) is 60.8 Å². The molecule has 7 heteroatoms. The maximum absolute atomic E-state index is 12.0. The molecule has 1 N–H and O–H groups in total. The molecular formula is C27H28Cl2N2O3. The molecule has 0 spiro atoms. The van der Waals surface area contributed by atoms with Gasteiger partial charge in [-0.1, -0.05) is 68.2 Å². The summed E-state index contributed by atoms with van der Waals surface area (Å²) >= 11 is 12.2. The molecule has 178 valence electrons. The van der Waals surface area contributed by atoms with E-state index in [2.05, 4.69) is 0 Å². The van der Waals surface area contributed by atoms with Crippen LogP contribution in [0.25, 0.3) is 22.4 Å². The van der Waals surface area contributed by atoms with Crippen LogP contribution in [0, 0.1) is 5.41 Å². The lowest BCUT2D eigenvalue weighted by Gasteiger charge is -2.34. The van der Waals surface area contributed by atoms with Gasteiger partial charge in [0.1, 0.15) is 12.4 Å². The van der Waals surface area contributed by atoms with E-state index in [0.717, 1.165) is 35.2 Å². The van der Waals surface area contributed by atoms with Crippen LogP contribution in [-0.2, 0) is 0 Å². The van der Waals surface area contributed by atoms with Crippen molar-refractivity contribution in [1.29, 1.82) is 0 Å². The van der Waals surface area contributed by atoms with Gasteiger partial charge < -0.3 is 9.84 Å². The van der Waals surface area contributed by atoms with Crippen molar-refractivity contribution in [2.24, 2.45) is 5.41 Å². The van der Waals surface area contributed by atoms with Gasteiger partial charge in [-0.05, 0) is 54.2 Å². The van der Waals surface area contributed by atoms with Crippen LogP contribution < -0.4 is 4.74 Å². The number of benzene rings is 2. The largest absolute Gasteiger partial charge is 0.490 e. The highest BCUT2D eigenvalue weighted by Gasteiger charge is 2.52. The highest BCUT2D eigenvalue weighted by atomic mass is 35.5. The molecule has 0 bridgehead atoms. The smallest absolute Gasteiger partial charge is 0.407 e. The number of amides is 1. The summed E-state index contributed by atoms with van der Waals surface area (Å²) < 4.78 is 6.16. The Balaban J connectivity index is 1.63. The van der Waals surface area contributed by atoms with Crippen molar-refractivity contribution < 1.29 is 14.6 Å². The third-order valence-corrected chi connectivity index (χ3v) is 6.41. The number of carbonyl (C=O) groups is 1. The lowest BCUT2D eigenvalue weighted by Crippen LogP contribution is -2.48. The van der Waals surface area contributed by atoms with Gasteiger partial charge >= 0.3 is 6.09 Å². The van der Waals surface area contributed by atoms with Crippen LogP contribution >= 0.6 is 23.2 Å². The van der Waals surface area contributed by atoms with Crippen molar-refractivity contribution in [2.75, 3.05) is 13.2 Å². The SMILES string of the molecule is CC(C)(C)CN(C(=O)O)C1(COc2cnc(-c3ccc(Cl)cc3)c(-c3ccc(Cl)cc3)c2)CC1. The second kappa shape index (κ2) is 9.47. The summed E-state index contributed by atoms with van der Waals surface area (Å²) in [6.07, 6.45) is 2.36. The normalized spacial score (nSPS) is 14.5. The third kappa shape index (κ3) is 5.65. The molecule has 1 amide bonds. The van der Waals surface area contributed by atoms with Crippen molar-refractivity contribution >= 4 is 29.3 Å². The van der Waals surface area contributed by atoms with Gasteiger partial charge in [0.15, 0.2) is 0 Å². The van der Waals surface area contributed by atoms with E-state index >= 15 is 0 Å². The minimum Gasteiger partial charge on any atom is -0.490 e. The number of rotatable bonds is 7. The molecule has 3 aromatic rings. The minimum atomic E-state index is -0.908. The Hall–Kier alpha value is -2.76. The van der Waals surface area contributed by atoms with Crippen LogP contribution in [0.1, 0.15) is 33.6 Å². The lowest BCUT2D eigenvalue weighted by molar-refractivity contribution is 0.0719. The van der Waals surface area contributed by atoms with E-state index in [1.807, 2.05) is 75.4 Å². The predicted molar refractivity (Wildman–Crippen MR) is 137 cm³/mol. The minimum absolute atomic E-state index is 0.141. The first-order valence-corrected chi connectivity index (χ1v) is 12.0. The highest BCUT2D eigenvalue weighted by Crippen LogP contribution is 2.44. The average molecular weight is 499 g/mol. The third-order valence-electron chi connectivity index (χ3n) is 5.91. The molecule has 0 atom stereocenters. The van der Waals surface area contributed by atoms with E-state index in [0.29, 0.717) is 22.3 Å². The first-order chi connectivity index (χ1) is 16.1. The molecule has 0 unspecified atom stereocenters. The molecule has 1 saturated carbocycles. The number of ether oxygens (including phenoxy) is 1. The van der Waals surface area contributed by atoms with E-state index < -0.39 is 11.6 Å². The average Bonchev–Trinajstić information content (AvgIpc) is 3.57. The Kier molecular flexibility index (Phi) is 6.79. The Labute approximate surface area is 210 Å². The van der Waals surface area contributed by atoms with Crippen LogP contribution in [-0.4, -0.2) is 39.8 Å². The van der Waals surface area contributed by atoms with Gasteiger partial charge in [0, 0.05) is 27.7 Å². The molecule has 2 aromatic carbocycles. The molecule has 1 aliphatic rings.